The van der Waals surface area contributed by atoms with Gasteiger partial charge < -0.3 is 10.1 Å². The molecule has 21 heavy (non-hydrogen) atoms. The van der Waals surface area contributed by atoms with Crippen LogP contribution in [0, 0.1) is 5.92 Å². The van der Waals surface area contributed by atoms with Gasteiger partial charge in [-0.05, 0) is 63.6 Å². The molecule has 0 radical (unpaired) electrons. The molecule has 0 bridgehead atoms. The van der Waals surface area contributed by atoms with Crippen LogP contribution in [0.15, 0.2) is 30.3 Å². The normalized spacial score (nSPS) is 25.5. The minimum Gasteiger partial charge on any atom is -0.372 e. The van der Waals surface area contributed by atoms with Crippen LogP contribution in [0.25, 0.3) is 0 Å². The summed E-state index contributed by atoms with van der Waals surface area (Å²) in [5.41, 5.74) is 1.73. The lowest BCUT2D eigenvalue weighted by atomic mass is 9.92. The number of rotatable bonds is 6. The lowest BCUT2D eigenvalue weighted by molar-refractivity contribution is -0.0440. The second kappa shape index (κ2) is 6.93. The van der Waals surface area contributed by atoms with Crippen LogP contribution in [0.5, 0.6) is 0 Å². The van der Waals surface area contributed by atoms with E-state index in [1.54, 1.807) is 0 Å². The fourth-order valence-corrected chi connectivity index (χ4v) is 4.30. The molecule has 2 unspecified atom stereocenters. The van der Waals surface area contributed by atoms with Gasteiger partial charge in [0.15, 0.2) is 0 Å². The molecular formula is C19H29NO. The molecule has 2 atom stereocenters. The third kappa shape index (κ3) is 3.87. The Morgan fingerprint density at radius 2 is 1.95 bits per heavy atom. The summed E-state index contributed by atoms with van der Waals surface area (Å²) in [5, 5.41) is 3.37. The Labute approximate surface area is 129 Å². The van der Waals surface area contributed by atoms with Gasteiger partial charge in [-0.3, -0.25) is 0 Å². The Hall–Kier alpha value is -0.860. The fourth-order valence-electron chi connectivity index (χ4n) is 4.30. The molecule has 0 aromatic heterocycles. The van der Waals surface area contributed by atoms with Gasteiger partial charge in [-0.15, -0.1) is 0 Å². The van der Waals surface area contributed by atoms with E-state index in [1.807, 2.05) is 0 Å². The van der Waals surface area contributed by atoms with Crippen molar-refractivity contribution < 1.29 is 4.74 Å². The second-order valence-electron chi connectivity index (χ2n) is 7.02. The van der Waals surface area contributed by atoms with Gasteiger partial charge in [0.25, 0.3) is 0 Å². The zero-order valence-corrected chi connectivity index (χ0v) is 13.3. The molecular weight excluding hydrogens is 258 g/mol. The molecule has 1 aliphatic heterocycles. The summed E-state index contributed by atoms with van der Waals surface area (Å²) in [5.74, 6) is 0.680. The van der Waals surface area contributed by atoms with Crippen LogP contribution in [0.2, 0.25) is 0 Å². The maximum absolute atomic E-state index is 6.50. The van der Waals surface area contributed by atoms with Crippen molar-refractivity contribution in [3.05, 3.63) is 35.9 Å². The molecule has 1 aromatic rings. The maximum Gasteiger partial charge on any atom is 0.0687 e. The van der Waals surface area contributed by atoms with Gasteiger partial charge in [-0.1, -0.05) is 43.2 Å². The van der Waals surface area contributed by atoms with E-state index in [2.05, 4.69) is 42.7 Å². The highest BCUT2D eigenvalue weighted by Crippen LogP contribution is 2.44. The number of hydrogen-bond acceptors (Lipinski definition) is 2. The van der Waals surface area contributed by atoms with Gasteiger partial charge in [0, 0.05) is 0 Å². The van der Waals surface area contributed by atoms with E-state index < -0.39 is 0 Å². The molecule has 116 valence electrons. The summed E-state index contributed by atoms with van der Waals surface area (Å²) in [7, 11) is 2.06. The van der Waals surface area contributed by atoms with Crippen LogP contribution in [0.1, 0.15) is 50.5 Å². The third-order valence-corrected chi connectivity index (χ3v) is 5.31. The van der Waals surface area contributed by atoms with E-state index in [1.165, 1.54) is 50.5 Å². The highest BCUT2D eigenvalue weighted by atomic mass is 16.5. The lowest BCUT2D eigenvalue weighted by Crippen LogP contribution is -2.28. The molecule has 1 aromatic carbocycles. The molecule has 1 spiro atoms. The van der Waals surface area contributed by atoms with Crippen molar-refractivity contribution in [1.29, 1.82) is 0 Å². The van der Waals surface area contributed by atoms with Crippen LogP contribution in [0.3, 0.4) is 0 Å². The van der Waals surface area contributed by atoms with Gasteiger partial charge in [-0.25, -0.2) is 0 Å². The van der Waals surface area contributed by atoms with Crippen molar-refractivity contribution in [2.45, 2.75) is 63.1 Å². The molecule has 0 amide bonds. The summed E-state index contributed by atoms with van der Waals surface area (Å²) in [4.78, 5) is 0. The topological polar surface area (TPSA) is 21.3 Å². The van der Waals surface area contributed by atoms with Crippen LogP contribution < -0.4 is 5.32 Å². The summed E-state index contributed by atoms with van der Waals surface area (Å²) in [6.07, 6.45) is 10.8. The molecule has 1 N–H and O–H groups in total. The van der Waals surface area contributed by atoms with Crippen molar-refractivity contribution in [2.75, 3.05) is 13.6 Å². The lowest BCUT2D eigenvalue weighted by Gasteiger charge is -2.26. The second-order valence-corrected chi connectivity index (χ2v) is 7.02. The first-order valence-electron chi connectivity index (χ1n) is 8.66. The largest absolute Gasteiger partial charge is 0.372 e. The predicted molar refractivity (Wildman–Crippen MR) is 87.5 cm³/mol. The first-order chi connectivity index (χ1) is 10.3. The van der Waals surface area contributed by atoms with E-state index in [4.69, 9.17) is 4.74 Å². The Morgan fingerprint density at radius 3 is 2.67 bits per heavy atom. The van der Waals surface area contributed by atoms with Crippen molar-refractivity contribution in [1.82, 2.24) is 5.32 Å². The van der Waals surface area contributed by atoms with Gasteiger partial charge in [0.2, 0.25) is 0 Å². The zero-order valence-electron chi connectivity index (χ0n) is 13.3. The van der Waals surface area contributed by atoms with Crippen LogP contribution in [-0.2, 0) is 11.2 Å². The third-order valence-electron chi connectivity index (χ3n) is 5.31. The van der Waals surface area contributed by atoms with Crippen molar-refractivity contribution >= 4 is 0 Å². The SMILES string of the molecule is CNCC(Cc1ccccc1)CC1CCC2(CCCC2)O1. The van der Waals surface area contributed by atoms with Gasteiger partial charge in [-0.2, -0.15) is 0 Å². The first-order valence-corrected chi connectivity index (χ1v) is 8.66. The Balaban J connectivity index is 1.55. The quantitative estimate of drug-likeness (QED) is 0.855. The highest BCUT2D eigenvalue weighted by Gasteiger charge is 2.42. The van der Waals surface area contributed by atoms with Crippen molar-refractivity contribution in [2.24, 2.45) is 5.92 Å². The average molecular weight is 287 g/mol. The smallest absolute Gasteiger partial charge is 0.0687 e. The van der Waals surface area contributed by atoms with Crippen molar-refractivity contribution in [3.63, 3.8) is 0 Å². The number of nitrogens with one attached hydrogen (secondary N) is 1. The van der Waals surface area contributed by atoms with Crippen LogP contribution >= 0.6 is 0 Å². The van der Waals surface area contributed by atoms with Crippen LogP contribution in [0.4, 0.5) is 0 Å². The minimum absolute atomic E-state index is 0.279. The number of hydrogen-bond donors (Lipinski definition) is 1. The molecule has 1 saturated carbocycles. The summed E-state index contributed by atoms with van der Waals surface area (Å²) >= 11 is 0. The Morgan fingerprint density at radius 1 is 1.19 bits per heavy atom. The van der Waals surface area contributed by atoms with E-state index in [0.29, 0.717) is 12.0 Å². The molecule has 2 nitrogen and oxygen atoms in total. The summed E-state index contributed by atoms with van der Waals surface area (Å²) < 4.78 is 6.50. The molecule has 3 rings (SSSR count). The number of ether oxygens (including phenoxy) is 1. The molecule has 1 aliphatic carbocycles. The first kappa shape index (κ1) is 15.1. The zero-order chi connectivity index (χ0) is 14.5. The molecule has 2 aliphatic rings. The van der Waals surface area contributed by atoms with E-state index in [0.717, 1.165) is 13.0 Å². The average Bonchev–Trinajstić information content (AvgIpc) is 3.11. The highest BCUT2D eigenvalue weighted by molar-refractivity contribution is 5.15. The Bertz CT molecular complexity index is 424. The number of benzene rings is 1. The van der Waals surface area contributed by atoms with Crippen LogP contribution in [-0.4, -0.2) is 25.3 Å². The minimum atomic E-state index is 0.279. The molecule has 1 heterocycles. The monoisotopic (exact) mass is 287 g/mol. The Kier molecular flexibility index (Phi) is 4.97. The molecule has 2 fully saturated rings. The van der Waals surface area contributed by atoms with Gasteiger partial charge in [0.05, 0.1) is 11.7 Å². The standard InChI is InChI=1S/C19H29NO/c1-20-15-17(13-16-7-3-2-4-8-16)14-18-9-12-19(21-18)10-5-6-11-19/h2-4,7-8,17-18,20H,5-6,9-15H2,1H3. The van der Waals surface area contributed by atoms with Gasteiger partial charge >= 0.3 is 0 Å². The molecule has 2 heteroatoms. The van der Waals surface area contributed by atoms with Gasteiger partial charge in [0.1, 0.15) is 0 Å². The van der Waals surface area contributed by atoms with E-state index in [-0.39, 0.29) is 5.60 Å². The molecule has 1 saturated heterocycles. The maximum atomic E-state index is 6.50. The fraction of sp³-hybridized carbons (Fsp3) is 0.684. The summed E-state index contributed by atoms with van der Waals surface area (Å²) in [6, 6.07) is 10.9. The van der Waals surface area contributed by atoms with E-state index in [9.17, 15) is 0 Å². The summed E-state index contributed by atoms with van der Waals surface area (Å²) in [6.45, 7) is 1.09. The van der Waals surface area contributed by atoms with E-state index >= 15 is 0 Å². The van der Waals surface area contributed by atoms with Crippen molar-refractivity contribution in [3.8, 4) is 0 Å². The predicted octanol–water partition coefficient (Wildman–Crippen LogP) is 3.95.